The van der Waals surface area contributed by atoms with E-state index in [9.17, 15) is 0 Å². The van der Waals surface area contributed by atoms with Gasteiger partial charge in [-0.15, -0.1) is 0 Å². The number of hydrogen-bond acceptors (Lipinski definition) is 3. The maximum Gasteiger partial charge on any atom is 0.297 e. The zero-order chi connectivity index (χ0) is 20.1. The Balaban J connectivity index is 1.84. The van der Waals surface area contributed by atoms with Crippen molar-refractivity contribution in [2.75, 3.05) is 0 Å². The van der Waals surface area contributed by atoms with Crippen molar-refractivity contribution in [2.45, 2.75) is 59.5 Å². The monoisotopic (exact) mass is 375 g/mol. The lowest BCUT2D eigenvalue weighted by Crippen LogP contribution is -2.47. The van der Waals surface area contributed by atoms with Crippen LogP contribution < -0.4 is 5.73 Å². The molecular formula is C25H29NO2. The minimum Gasteiger partial charge on any atom is -0.450 e. The van der Waals surface area contributed by atoms with Crippen LogP contribution in [0.3, 0.4) is 0 Å². The van der Waals surface area contributed by atoms with Crippen LogP contribution in [0, 0.1) is 13.8 Å². The molecule has 0 spiro atoms. The topological polar surface area (TPSA) is 44.5 Å². The van der Waals surface area contributed by atoms with Crippen LogP contribution in [0.4, 0.5) is 0 Å². The van der Waals surface area contributed by atoms with Gasteiger partial charge in [-0.05, 0) is 79.7 Å². The van der Waals surface area contributed by atoms with Gasteiger partial charge in [-0.1, -0.05) is 49.2 Å². The van der Waals surface area contributed by atoms with E-state index in [1.165, 1.54) is 27.8 Å². The third kappa shape index (κ3) is 3.19. The Morgan fingerprint density at radius 1 is 1.07 bits per heavy atom. The van der Waals surface area contributed by atoms with Crippen molar-refractivity contribution in [3.05, 3.63) is 81.1 Å². The van der Waals surface area contributed by atoms with Crippen LogP contribution in [-0.4, -0.2) is 6.10 Å². The van der Waals surface area contributed by atoms with E-state index in [0.717, 1.165) is 35.3 Å². The van der Waals surface area contributed by atoms with Crippen molar-refractivity contribution < 1.29 is 9.47 Å². The number of ether oxygens (including phenoxy) is 2. The van der Waals surface area contributed by atoms with Gasteiger partial charge in [0.25, 0.3) is 5.91 Å². The van der Waals surface area contributed by atoms with Gasteiger partial charge in [-0.3, -0.25) is 5.73 Å². The van der Waals surface area contributed by atoms with Gasteiger partial charge in [0.05, 0.1) is 17.4 Å². The molecule has 2 atom stereocenters. The van der Waals surface area contributed by atoms with E-state index in [2.05, 4.69) is 57.2 Å². The first-order valence-electron chi connectivity index (χ1n) is 10.1. The summed E-state index contributed by atoms with van der Waals surface area (Å²) in [6.07, 6.45) is 6.31. The Hall–Kier alpha value is -2.36. The fourth-order valence-electron chi connectivity index (χ4n) is 4.48. The molecule has 0 aromatic heterocycles. The Bertz CT molecular complexity index is 1000. The third-order valence-corrected chi connectivity index (χ3v) is 5.51. The van der Waals surface area contributed by atoms with Crippen molar-refractivity contribution in [3.8, 4) is 0 Å². The van der Waals surface area contributed by atoms with E-state index in [4.69, 9.17) is 15.2 Å². The van der Waals surface area contributed by atoms with Crippen LogP contribution >= 0.6 is 0 Å². The molecule has 2 aromatic carbocycles. The molecule has 3 heteroatoms. The molecule has 4 rings (SSSR count). The highest BCUT2D eigenvalue weighted by molar-refractivity contribution is 6.04. The molecule has 146 valence electrons. The van der Waals surface area contributed by atoms with Crippen LogP contribution in [-0.2, 0) is 21.8 Å². The summed E-state index contributed by atoms with van der Waals surface area (Å²) in [6.45, 7) is 10.3. The van der Waals surface area contributed by atoms with Crippen molar-refractivity contribution >= 4 is 11.6 Å². The number of aryl methyl sites for hydroxylation is 3. The van der Waals surface area contributed by atoms with Gasteiger partial charge in [0.1, 0.15) is 0 Å². The SMILES string of the molecule is CCCc1ccc2c(c1)C(c1cc(C)cc(C)c1C1(N)OC(C)=CC(C)O1)=C2. The first-order valence-corrected chi connectivity index (χ1v) is 10.1. The van der Waals surface area contributed by atoms with Crippen molar-refractivity contribution in [1.29, 1.82) is 0 Å². The molecule has 1 aliphatic heterocycles. The highest BCUT2D eigenvalue weighted by Crippen LogP contribution is 2.44. The molecule has 0 saturated carbocycles. The van der Waals surface area contributed by atoms with Gasteiger partial charge in [0.15, 0.2) is 0 Å². The number of hydrogen-bond donors (Lipinski definition) is 1. The number of benzene rings is 2. The molecule has 2 N–H and O–H groups in total. The minimum absolute atomic E-state index is 0.105. The molecule has 0 saturated heterocycles. The lowest BCUT2D eigenvalue weighted by atomic mass is 9.79. The molecule has 3 nitrogen and oxygen atoms in total. The molecule has 1 heterocycles. The lowest BCUT2D eigenvalue weighted by Gasteiger charge is -2.39. The second-order valence-corrected chi connectivity index (χ2v) is 8.10. The van der Waals surface area contributed by atoms with Crippen LogP contribution in [0.15, 0.2) is 42.2 Å². The van der Waals surface area contributed by atoms with Crippen LogP contribution in [0.25, 0.3) is 11.6 Å². The summed E-state index contributed by atoms with van der Waals surface area (Å²) in [5.41, 5.74) is 16.2. The first kappa shape index (κ1) is 19.0. The molecule has 2 unspecified atom stereocenters. The van der Waals surface area contributed by atoms with E-state index >= 15 is 0 Å². The number of allylic oxidation sites excluding steroid dienone is 1. The van der Waals surface area contributed by atoms with Gasteiger partial charge < -0.3 is 9.47 Å². The van der Waals surface area contributed by atoms with Crippen LogP contribution in [0.1, 0.15) is 66.1 Å². The quantitative estimate of drug-likeness (QED) is 0.649. The lowest BCUT2D eigenvalue weighted by molar-refractivity contribution is -0.248. The zero-order valence-corrected chi connectivity index (χ0v) is 17.4. The molecule has 2 aromatic rings. The predicted octanol–water partition coefficient (Wildman–Crippen LogP) is 5.57. The average Bonchev–Trinajstić information content (AvgIpc) is 2.55. The summed E-state index contributed by atoms with van der Waals surface area (Å²) in [5.74, 6) is -0.497. The molecule has 1 aliphatic carbocycles. The second kappa shape index (κ2) is 6.91. The van der Waals surface area contributed by atoms with Crippen molar-refractivity contribution in [1.82, 2.24) is 0 Å². The highest BCUT2D eigenvalue weighted by atomic mass is 16.7. The van der Waals surface area contributed by atoms with Crippen LogP contribution in [0.2, 0.25) is 0 Å². The van der Waals surface area contributed by atoms with Crippen LogP contribution in [0.5, 0.6) is 0 Å². The van der Waals surface area contributed by atoms with E-state index < -0.39 is 5.91 Å². The molecular weight excluding hydrogens is 346 g/mol. The normalized spacial score (nSPS) is 23.3. The summed E-state index contributed by atoms with van der Waals surface area (Å²) < 4.78 is 12.2. The van der Waals surface area contributed by atoms with E-state index in [1.807, 2.05) is 19.9 Å². The maximum absolute atomic E-state index is 6.71. The summed E-state index contributed by atoms with van der Waals surface area (Å²) in [4.78, 5) is 0. The molecule has 0 amide bonds. The molecule has 0 radical (unpaired) electrons. The number of rotatable bonds is 4. The van der Waals surface area contributed by atoms with Gasteiger partial charge in [-0.2, -0.15) is 0 Å². The van der Waals surface area contributed by atoms with Gasteiger partial charge in [0.2, 0.25) is 0 Å². The minimum atomic E-state index is -1.29. The van der Waals surface area contributed by atoms with Gasteiger partial charge in [-0.25, -0.2) is 0 Å². The van der Waals surface area contributed by atoms with E-state index in [1.54, 1.807) is 0 Å². The second-order valence-electron chi connectivity index (χ2n) is 8.10. The maximum atomic E-state index is 6.71. The standard InChI is InChI=1S/C25H29NO2/c1-6-7-19-8-9-20-14-22(21(20)13-19)23-11-15(2)10-16(3)24(23)25(26)27-17(4)12-18(5)28-25/h8-14,17H,6-7,26H2,1-5H3. The Morgan fingerprint density at radius 3 is 2.57 bits per heavy atom. The smallest absolute Gasteiger partial charge is 0.297 e. The Kier molecular flexibility index (Phi) is 4.68. The van der Waals surface area contributed by atoms with Gasteiger partial charge in [0, 0.05) is 0 Å². The number of nitrogens with two attached hydrogens (primary N) is 1. The third-order valence-electron chi connectivity index (χ3n) is 5.51. The summed E-state index contributed by atoms with van der Waals surface area (Å²) in [7, 11) is 0. The van der Waals surface area contributed by atoms with E-state index in [0.29, 0.717) is 0 Å². The summed E-state index contributed by atoms with van der Waals surface area (Å²) in [5, 5.41) is 0. The molecule has 0 fully saturated rings. The Labute approximate surface area is 167 Å². The zero-order valence-electron chi connectivity index (χ0n) is 17.4. The van der Waals surface area contributed by atoms with Crippen molar-refractivity contribution in [2.24, 2.45) is 5.73 Å². The fourth-order valence-corrected chi connectivity index (χ4v) is 4.48. The fraction of sp³-hybridized carbons (Fsp3) is 0.360. The average molecular weight is 376 g/mol. The highest BCUT2D eigenvalue weighted by Gasteiger charge is 2.40. The first-order chi connectivity index (χ1) is 13.3. The molecule has 2 aliphatic rings. The number of fused-ring (bicyclic) bond motifs is 1. The summed E-state index contributed by atoms with van der Waals surface area (Å²) in [6, 6.07) is 11.1. The van der Waals surface area contributed by atoms with Crippen molar-refractivity contribution in [3.63, 3.8) is 0 Å². The van der Waals surface area contributed by atoms with E-state index in [-0.39, 0.29) is 6.10 Å². The van der Waals surface area contributed by atoms with Gasteiger partial charge >= 0.3 is 0 Å². The molecule has 0 bridgehead atoms. The summed E-state index contributed by atoms with van der Waals surface area (Å²) >= 11 is 0. The Morgan fingerprint density at radius 2 is 1.86 bits per heavy atom. The molecule has 28 heavy (non-hydrogen) atoms. The predicted molar refractivity (Wildman–Crippen MR) is 115 cm³/mol. The largest absolute Gasteiger partial charge is 0.450 e.